The Bertz CT molecular complexity index is 988. The van der Waals surface area contributed by atoms with E-state index in [9.17, 15) is 9.59 Å². The van der Waals surface area contributed by atoms with Crippen LogP contribution in [0.2, 0.25) is 0 Å². The van der Waals surface area contributed by atoms with Crippen LogP contribution in [0, 0.1) is 0 Å². The van der Waals surface area contributed by atoms with Crippen molar-refractivity contribution in [2.45, 2.75) is 12.1 Å². The van der Waals surface area contributed by atoms with E-state index in [0.29, 0.717) is 28.7 Å². The lowest BCUT2D eigenvalue weighted by Gasteiger charge is -2.12. The van der Waals surface area contributed by atoms with Gasteiger partial charge < -0.3 is 19.9 Å². The van der Waals surface area contributed by atoms with E-state index in [1.165, 1.54) is 11.8 Å². The number of ether oxygens (including phenoxy) is 1. The summed E-state index contributed by atoms with van der Waals surface area (Å²) >= 11 is 1.27. The second-order valence-corrected chi connectivity index (χ2v) is 6.96. The minimum atomic E-state index is -0.314. The molecule has 0 aliphatic carbocycles. The zero-order valence-corrected chi connectivity index (χ0v) is 16.9. The predicted octanol–water partition coefficient (Wildman–Crippen LogP) is 3.20. The number of hydrogen-bond donors (Lipinski definition) is 2. The van der Waals surface area contributed by atoms with Crippen LogP contribution < -0.4 is 15.4 Å². The summed E-state index contributed by atoms with van der Waals surface area (Å²) < 4.78 is 7.13. The van der Waals surface area contributed by atoms with E-state index in [0.717, 1.165) is 5.75 Å². The Hall–Kier alpha value is -3.33. The number of aryl methyl sites for hydroxylation is 1. The van der Waals surface area contributed by atoms with Crippen molar-refractivity contribution >= 4 is 35.0 Å². The maximum absolute atomic E-state index is 12.7. The second kappa shape index (κ2) is 9.74. The molecule has 0 unspecified atom stereocenters. The highest BCUT2D eigenvalue weighted by Crippen LogP contribution is 2.20. The van der Waals surface area contributed by atoms with Gasteiger partial charge in [-0.25, -0.2) is 0 Å². The first-order valence-electron chi connectivity index (χ1n) is 8.96. The van der Waals surface area contributed by atoms with Gasteiger partial charge in [0.25, 0.3) is 5.91 Å². The van der Waals surface area contributed by atoms with E-state index in [4.69, 9.17) is 4.74 Å². The molecular formula is C20H21N5O3S. The lowest BCUT2D eigenvalue weighted by atomic mass is 10.1. The molecule has 150 valence electrons. The van der Waals surface area contributed by atoms with E-state index < -0.39 is 0 Å². The molecule has 2 N–H and O–H groups in total. The second-order valence-electron chi connectivity index (χ2n) is 6.02. The van der Waals surface area contributed by atoms with Crippen LogP contribution in [0.3, 0.4) is 0 Å². The fraction of sp³-hybridized carbons (Fsp3) is 0.200. The van der Waals surface area contributed by atoms with Gasteiger partial charge >= 0.3 is 0 Å². The number of carbonyl (C=O) groups is 2. The molecule has 8 nitrogen and oxygen atoms in total. The predicted molar refractivity (Wildman–Crippen MR) is 112 cm³/mol. The summed E-state index contributed by atoms with van der Waals surface area (Å²) in [5.41, 5.74) is 1.45. The van der Waals surface area contributed by atoms with Gasteiger partial charge in [0.15, 0.2) is 5.16 Å². The Morgan fingerprint density at radius 3 is 2.55 bits per heavy atom. The molecule has 0 spiro atoms. The van der Waals surface area contributed by atoms with Crippen molar-refractivity contribution in [3.63, 3.8) is 0 Å². The number of nitrogens with zero attached hydrogens (tertiary/aromatic N) is 3. The molecule has 3 aromatic rings. The van der Waals surface area contributed by atoms with E-state index in [1.54, 1.807) is 66.5 Å². The topological polar surface area (TPSA) is 98.1 Å². The maximum atomic E-state index is 12.7. The summed E-state index contributed by atoms with van der Waals surface area (Å²) in [4.78, 5) is 25.0. The van der Waals surface area contributed by atoms with Crippen LogP contribution in [0.1, 0.15) is 17.3 Å². The molecule has 9 heteroatoms. The Morgan fingerprint density at radius 2 is 1.86 bits per heavy atom. The highest BCUT2D eigenvalue weighted by atomic mass is 32.2. The molecule has 1 aromatic heterocycles. The largest absolute Gasteiger partial charge is 0.494 e. The lowest BCUT2D eigenvalue weighted by molar-refractivity contribution is -0.113. The highest BCUT2D eigenvalue weighted by molar-refractivity contribution is 7.99. The molecule has 0 fully saturated rings. The fourth-order valence-electron chi connectivity index (χ4n) is 2.51. The minimum Gasteiger partial charge on any atom is -0.494 e. The Labute approximate surface area is 172 Å². The monoisotopic (exact) mass is 411 g/mol. The molecule has 0 bridgehead atoms. The Balaban J connectivity index is 1.63. The third-order valence-electron chi connectivity index (χ3n) is 3.87. The van der Waals surface area contributed by atoms with Crippen molar-refractivity contribution < 1.29 is 14.3 Å². The molecule has 29 heavy (non-hydrogen) atoms. The molecule has 1 heterocycles. The van der Waals surface area contributed by atoms with Gasteiger partial charge in [0.2, 0.25) is 5.91 Å². The normalized spacial score (nSPS) is 10.4. The minimum absolute atomic E-state index is 0.154. The van der Waals surface area contributed by atoms with Gasteiger partial charge in [-0.2, -0.15) is 0 Å². The fourth-order valence-corrected chi connectivity index (χ4v) is 3.20. The van der Waals surface area contributed by atoms with Crippen molar-refractivity contribution in [3.8, 4) is 5.75 Å². The van der Waals surface area contributed by atoms with Gasteiger partial charge in [-0.3, -0.25) is 9.59 Å². The summed E-state index contributed by atoms with van der Waals surface area (Å²) in [5.74, 6) is 0.338. The lowest BCUT2D eigenvalue weighted by Crippen LogP contribution is -2.19. The molecular weight excluding hydrogens is 390 g/mol. The third kappa shape index (κ3) is 5.58. The molecule has 3 rings (SSSR count). The van der Waals surface area contributed by atoms with Crippen molar-refractivity contribution in [1.29, 1.82) is 0 Å². The van der Waals surface area contributed by atoms with E-state index in [2.05, 4.69) is 20.8 Å². The summed E-state index contributed by atoms with van der Waals surface area (Å²) in [6, 6.07) is 14.0. The third-order valence-corrected chi connectivity index (χ3v) is 4.91. The smallest absolute Gasteiger partial charge is 0.257 e. The van der Waals surface area contributed by atoms with E-state index in [1.807, 2.05) is 6.92 Å². The number of thioether (sulfide) groups is 1. The standard InChI is InChI=1S/C20H21N5O3S/c1-3-28-15-10-8-14(9-11-15)22-19(27)16-6-4-5-7-17(16)23-18(26)12-29-20-24-21-13-25(20)2/h4-11,13H,3,12H2,1-2H3,(H,22,27)(H,23,26). The number of rotatable bonds is 8. The maximum Gasteiger partial charge on any atom is 0.257 e. The molecule has 0 saturated carbocycles. The number of benzene rings is 2. The van der Waals surface area contributed by atoms with Gasteiger partial charge in [-0.15, -0.1) is 10.2 Å². The number of carbonyl (C=O) groups excluding carboxylic acids is 2. The van der Waals surface area contributed by atoms with Gasteiger partial charge in [0.05, 0.1) is 23.6 Å². The number of amides is 2. The summed E-state index contributed by atoms with van der Waals surface area (Å²) in [6.45, 7) is 2.49. The Kier molecular flexibility index (Phi) is 6.85. The van der Waals surface area contributed by atoms with Gasteiger partial charge in [0, 0.05) is 12.7 Å². The summed E-state index contributed by atoms with van der Waals surface area (Å²) in [5, 5.41) is 14.0. The molecule has 0 aliphatic heterocycles. The van der Waals surface area contributed by atoms with Gasteiger partial charge in [0.1, 0.15) is 12.1 Å². The highest BCUT2D eigenvalue weighted by Gasteiger charge is 2.14. The number of anilines is 2. The first-order valence-corrected chi connectivity index (χ1v) is 9.95. The van der Waals surface area contributed by atoms with Crippen LogP contribution in [-0.2, 0) is 11.8 Å². The molecule has 0 atom stereocenters. The quantitative estimate of drug-likeness (QED) is 0.553. The number of para-hydroxylation sites is 1. The van der Waals surface area contributed by atoms with Crippen molar-refractivity contribution in [2.75, 3.05) is 23.0 Å². The van der Waals surface area contributed by atoms with E-state index >= 15 is 0 Å². The first kappa shape index (κ1) is 20.4. The number of hydrogen-bond acceptors (Lipinski definition) is 6. The van der Waals surface area contributed by atoms with E-state index in [-0.39, 0.29) is 17.6 Å². The van der Waals surface area contributed by atoms with Crippen LogP contribution >= 0.6 is 11.8 Å². The average molecular weight is 411 g/mol. The van der Waals surface area contributed by atoms with Crippen LogP contribution in [0.15, 0.2) is 60.0 Å². The number of aromatic nitrogens is 3. The van der Waals surface area contributed by atoms with Crippen molar-refractivity contribution in [3.05, 3.63) is 60.4 Å². The first-order chi connectivity index (χ1) is 14.1. The zero-order chi connectivity index (χ0) is 20.6. The van der Waals surface area contributed by atoms with Crippen LogP contribution in [0.4, 0.5) is 11.4 Å². The summed E-state index contributed by atoms with van der Waals surface area (Å²) in [6.07, 6.45) is 1.57. The summed E-state index contributed by atoms with van der Waals surface area (Å²) in [7, 11) is 1.81. The SMILES string of the molecule is CCOc1ccc(NC(=O)c2ccccc2NC(=O)CSc2nncn2C)cc1. The van der Waals surface area contributed by atoms with Gasteiger partial charge in [-0.05, 0) is 43.3 Å². The van der Waals surface area contributed by atoms with Crippen molar-refractivity contribution in [1.82, 2.24) is 14.8 Å². The molecule has 0 saturated heterocycles. The average Bonchev–Trinajstić information content (AvgIpc) is 3.13. The molecule has 2 amide bonds. The zero-order valence-electron chi connectivity index (χ0n) is 16.1. The Morgan fingerprint density at radius 1 is 1.10 bits per heavy atom. The van der Waals surface area contributed by atoms with Gasteiger partial charge in [-0.1, -0.05) is 23.9 Å². The van der Waals surface area contributed by atoms with Crippen molar-refractivity contribution in [2.24, 2.45) is 7.05 Å². The van der Waals surface area contributed by atoms with Crippen LogP contribution in [-0.4, -0.2) is 38.9 Å². The molecule has 0 aliphatic rings. The molecule has 0 radical (unpaired) electrons. The number of nitrogens with one attached hydrogen (secondary N) is 2. The van der Waals surface area contributed by atoms with Crippen LogP contribution in [0.5, 0.6) is 5.75 Å². The van der Waals surface area contributed by atoms with Crippen LogP contribution in [0.25, 0.3) is 0 Å². The molecule has 2 aromatic carbocycles.